The number of phenolic OH excluding ortho intramolecular Hbond substituents is 2. The highest BCUT2D eigenvalue weighted by Gasteiger charge is 2.29. The number of phenols is 2. The van der Waals surface area contributed by atoms with Gasteiger partial charge in [0, 0.05) is 11.1 Å². The van der Waals surface area contributed by atoms with Crippen LogP contribution in [-0.2, 0) is 0 Å². The molecule has 4 heteroatoms. The average molecular weight is 253 g/mol. The summed E-state index contributed by atoms with van der Waals surface area (Å²) in [7, 11) is 0. The first-order valence-corrected chi connectivity index (χ1v) is 5.75. The van der Waals surface area contributed by atoms with Crippen LogP contribution < -0.4 is 5.73 Å². The third kappa shape index (κ3) is 1.65. The number of Topliss-reactive ketones (excluding diaryl/α,β-unsaturated/α-hetero) is 1. The van der Waals surface area contributed by atoms with Gasteiger partial charge in [0.2, 0.25) is 0 Å². The van der Waals surface area contributed by atoms with E-state index in [-0.39, 0.29) is 17.3 Å². The minimum atomic E-state index is -0.214. The fourth-order valence-electron chi connectivity index (χ4n) is 2.26. The smallest absolute Gasteiger partial charge is 0.196 e. The van der Waals surface area contributed by atoms with Crippen LogP contribution in [0.15, 0.2) is 42.5 Å². The van der Waals surface area contributed by atoms with Crippen LogP contribution in [0.4, 0.5) is 0 Å². The van der Waals surface area contributed by atoms with Gasteiger partial charge in [0.05, 0.1) is 11.3 Å². The van der Waals surface area contributed by atoms with Gasteiger partial charge in [0.1, 0.15) is 11.5 Å². The Morgan fingerprint density at radius 1 is 0.842 bits per heavy atom. The molecule has 0 heterocycles. The first-order chi connectivity index (χ1) is 9.08. The SMILES string of the molecule is NC1=C(c2ccc(O)cc2)C(=O)c2cc(O)ccc21. The van der Waals surface area contributed by atoms with E-state index in [1.54, 1.807) is 18.2 Å². The lowest BCUT2D eigenvalue weighted by Crippen LogP contribution is -1.99. The van der Waals surface area contributed by atoms with Crippen molar-refractivity contribution in [3.63, 3.8) is 0 Å². The Hall–Kier alpha value is -2.75. The molecule has 0 atom stereocenters. The highest BCUT2D eigenvalue weighted by atomic mass is 16.3. The molecule has 0 saturated heterocycles. The molecule has 94 valence electrons. The minimum absolute atomic E-state index is 0.0341. The topological polar surface area (TPSA) is 83.5 Å². The molecule has 1 aliphatic carbocycles. The Morgan fingerprint density at radius 2 is 1.47 bits per heavy atom. The maximum atomic E-state index is 12.3. The number of ketones is 1. The summed E-state index contributed by atoms with van der Waals surface area (Å²) in [6.07, 6.45) is 0. The number of rotatable bonds is 1. The van der Waals surface area contributed by atoms with Crippen molar-refractivity contribution in [3.05, 3.63) is 59.2 Å². The van der Waals surface area contributed by atoms with Gasteiger partial charge < -0.3 is 15.9 Å². The van der Waals surface area contributed by atoms with Crippen LogP contribution >= 0.6 is 0 Å². The summed E-state index contributed by atoms with van der Waals surface area (Å²) in [5.74, 6) is -0.0514. The standard InChI is InChI=1S/C15H11NO3/c16-14-11-6-5-10(18)7-12(11)15(19)13(14)8-1-3-9(17)4-2-8/h1-7,17-18H,16H2. The van der Waals surface area contributed by atoms with Crippen LogP contribution in [-0.4, -0.2) is 16.0 Å². The molecule has 0 saturated carbocycles. The molecule has 0 bridgehead atoms. The second-order valence-corrected chi connectivity index (χ2v) is 4.39. The van der Waals surface area contributed by atoms with Gasteiger partial charge >= 0.3 is 0 Å². The van der Waals surface area contributed by atoms with Crippen molar-refractivity contribution in [1.82, 2.24) is 0 Å². The first kappa shape index (κ1) is 11.3. The van der Waals surface area contributed by atoms with Crippen LogP contribution in [0, 0.1) is 0 Å². The lowest BCUT2D eigenvalue weighted by molar-refractivity contribution is 0.105. The predicted octanol–water partition coefficient (Wildman–Crippen LogP) is 2.12. The summed E-state index contributed by atoms with van der Waals surface area (Å²) in [6.45, 7) is 0. The number of nitrogens with two attached hydrogens (primary N) is 1. The highest BCUT2D eigenvalue weighted by Crippen LogP contribution is 2.37. The van der Waals surface area contributed by atoms with Crippen molar-refractivity contribution >= 4 is 17.1 Å². The molecule has 0 amide bonds. The number of hydrogen-bond acceptors (Lipinski definition) is 4. The van der Waals surface area contributed by atoms with E-state index in [1.165, 1.54) is 24.3 Å². The largest absolute Gasteiger partial charge is 0.508 e. The summed E-state index contributed by atoms with van der Waals surface area (Å²) in [4.78, 5) is 12.3. The number of benzene rings is 2. The van der Waals surface area contributed by atoms with Crippen molar-refractivity contribution in [1.29, 1.82) is 0 Å². The van der Waals surface area contributed by atoms with E-state index in [0.29, 0.717) is 28.0 Å². The number of carbonyl (C=O) groups excluding carboxylic acids is 1. The van der Waals surface area contributed by atoms with Gasteiger partial charge in [-0.1, -0.05) is 12.1 Å². The van der Waals surface area contributed by atoms with E-state index >= 15 is 0 Å². The molecule has 4 N–H and O–H groups in total. The third-order valence-electron chi connectivity index (χ3n) is 3.19. The molecular formula is C15H11NO3. The van der Waals surface area contributed by atoms with E-state index < -0.39 is 0 Å². The Morgan fingerprint density at radius 3 is 2.16 bits per heavy atom. The van der Waals surface area contributed by atoms with Gasteiger partial charge in [-0.15, -0.1) is 0 Å². The molecule has 0 aliphatic heterocycles. The van der Waals surface area contributed by atoms with E-state index in [1.807, 2.05) is 0 Å². The fourth-order valence-corrected chi connectivity index (χ4v) is 2.26. The second kappa shape index (κ2) is 3.88. The minimum Gasteiger partial charge on any atom is -0.508 e. The third-order valence-corrected chi connectivity index (χ3v) is 3.19. The lowest BCUT2D eigenvalue weighted by atomic mass is 10.0. The second-order valence-electron chi connectivity index (χ2n) is 4.39. The molecule has 4 nitrogen and oxygen atoms in total. The molecule has 0 radical (unpaired) electrons. The monoisotopic (exact) mass is 253 g/mol. The molecule has 0 fully saturated rings. The first-order valence-electron chi connectivity index (χ1n) is 5.75. The van der Waals surface area contributed by atoms with Crippen LogP contribution in [0.2, 0.25) is 0 Å². The molecule has 2 aromatic carbocycles. The summed E-state index contributed by atoms with van der Waals surface area (Å²) in [5, 5.41) is 18.7. The van der Waals surface area contributed by atoms with Gasteiger partial charge in [0.15, 0.2) is 5.78 Å². The molecule has 2 aromatic rings. The van der Waals surface area contributed by atoms with Crippen LogP contribution in [0.25, 0.3) is 11.3 Å². The molecule has 0 spiro atoms. The summed E-state index contributed by atoms with van der Waals surface area (Å²) in [5.41, 5.74) is 8.50. The Bertz CT molecular complexity index is 715. The van der Waals surface area contributed by atoms with Gasteiger partial charge in [-0.05, 0) is 35.9 Å². The number of aromatic hydroxyl groups is 2. The molecule has 3 rings (SSSR count). The summed E-state index contributed by atoms with van der Waals surface area (Å²) in [6, 6.07) is 10.8. The predicted molar refractivity (Wildman–Crippen MR) is 71.5 cm³/mol. The van der Waals surface area contributed by atoms with Gasteiger partial charge in [-0.25, -0.2) is 0 Å². The van der Waals surface area contributed by atoms with Gasteiger partial charge in [-0.3, -0.25) is 4.79 Å². The van der Waals surface area contributed by atoms with E-state index in [9.17, 15) is 15.0 Å². The van der Waals surface area contributed by atoms with Crippen molar-refractivity contribution in [2.45, 2.75) is 0 Å². The molecule has 0 unspecified atom stereocenters. The summed E-state index contributed by atoms with van der Waals surface area (Å²) >= 11 is 0. The van der Waals surface area contributed by atoms with Gasteiger partial charge in [-0.2, -0.15) is 0 Å². The quantitative estimate of drug-likeness (QED) is 0.726. The average Bonchev–Trinajstić information content (AvgIpc) is 2.63. The molecular weight excluding hydrogens is 242 g/mol. The highest BCUT2D eigenvalue weighted by molar-refractivity contribution is 6.39. The van der Waals surface area contributed by atoms with Crippen LogP contribution in [0.1, 0.15) is 21.5 Å². The van der Waals surface area contributed by atoms with Crippen molar-refractivity contribution in [2.24, 2.45) is 5.73 Å². The van der Waals surface area contributed by atoms with E-state index in [4.69, 9.17) is 5.73 Å². The maximum absolute atomic E-state index is 12.3. The number of allylic oxidation sites excluding steroid dienone is 1. The molecule has 0 aromatic heterocycles. The molecule has 1 aliphatic rings. The van der Waals surface area contributed by atoms with Gasteiger partial charge in [0.25, 0.3) is 0 Å². The summed E-state index contributed by atoms with van der Waals surface area (Å²) < 4.78 is 0. The number of carbonyl (C=O) groups is 1. The van der Waals surface area contributed by atoms with Crippen molar-refractivity contribution < 1.29 is 15.0 Å². The zero-order valence-corrected chi connectivity index (χ0v) is 9.92. The Labute approximate surface area is 109 Å². The zero-order chi connectivity index (χ0) is 13.6. The lowest BCUT2D eigenvalue weighted by Gasteiger charge is -2.03. The van der Waals surface area contributed by atoms with Crippen LogP contribution in [0.3, 0.4) is 0 Å². The zero-order valence-electron chi connectivity index (χ0n) is 9.92. The fraction of sp³-hybridized carbons (Fsp3) is 0. The molecule has 19 heavy (non-hydrogen) atoms. The van der Waals surface area contributed by atoms with Crippen molar-refractivity contribution in [2.75, 3.05) is 0 Å². The Kier molecular flexibility index (Phi) is 2.32. The van der Waals surface area contributed by atoms with E-state index in [2.05, 4.69) is 0 Å². The maximum Gasteiger partial charge on any atom is 0.196 e. The van der Waals surface area contributed by atoms with Crippen LogP contribution in [0.5, 0.6) is 11.5 Å². The van der Waals surface area contributed by atoms with E-state index in [0.717, 1.165) is 0 Å². The number of fused-ring (bicyclic) bond motifs is 1. The number of hydrogen-bond donors (Lipinski definition) is 3. The normalized spacial score (nSPS) is 13.8. The Balaban J connectivity index is 2.17. The van der Waals surface area contributed by atoms with Crippen molar-refractivity contribution in [3.8, 4) is 11.5 Å².